The molecule has 4 aromatic rings. The third-order valence-electron chi connectivity index (χ3n) is 5.87. The molecule has 4 rings (SSSR count). The largest absolute Gasteiger partial charge is 0.497 e. The fourth-order valence-electron chi connectivity index (χ4n) is 3.76. The van der Waals surface area contributed by atoms with Gasteiger partial charge in [0, 0.05) is 11.6 Å². The van der Waals surface area contributed by atoms with Crippen LogP contribution in [0.15, 0.2) is 89.3 Å². The van der Waals surface area contributed by atoms with Crippen molar-refractivity contribution in [3.8, 4) is 16.9 Å². The van der Waals surface area contributed by atoms with Gasteiger partial charge >= 0.3 is 5.97 Å². The Morgan fingerprint density at radius 3 is 2.13 bits per heavy atom. The molecule has 8 nitrogen and oxygen atoms in total. The van der Waals surface area contributed by atoms with Gasteiger partial charge in [0.25, 0.3) is 0 Å². The number of aromatic nitrogens is 1. The predicted molar refractivity (Wildman–Crippen MR) is 145 cm³/mol. The number of ether oxygens (including phenoxy) is 3. The first-order valence-electron chi connectivity index (χ1n) is 11.7. The molecule has 0 aliphatic heterocycles. The smallest absolute Gasteiger partial charge is 0.327 e. The van der Waals surface area contributed by atoms with Gasteiger partial charge in [-0.25, -0.2) is 13.4 Å². The van der Waals surface area contributed by atoms with Crippen LogP contribution in [0.4, 0.5) is 0 Å². The number of aryl methyl sites for hydroxylation is 1. The van der Waals surface area contributed by atoms with Crippen LogP contribution in [0, 0.1) is 6.92 Å². The molecule has 0 fully saturated rings. The van der Waals surface area contributed by atoms with Crippen LogP contribution >= 0.6 is 11.3 Å². The summed E-state index contributed by atoms with van der Waals surface area (Å²) in [4.78, 5) is 17.1. The molecule has 0 aliphatic carbocycles. The highest BCUT2D eigenvalue weighted by Crippen LogP contribution is 2.28. The molecule has 3 aromatic carbocycles. The highest BCUT2D eigenvalue weighted by molar-refractivity contribution is 7.89. The minimum atomic E-state index is -4.12. The van der Waals surface area contributed by atoms with Crippen LogP contribution < -0.4 is 9.46 Å². The van der Waals surface area contributed by atoms with E-state index in [0.29, 0.717) is 5.01 Å². The molecule has 1 N–H and O–H groups in total. The number of methoxy groups -OCH3 is 2. The van der Waals surface area contributed by atoms with Gasteiger partial charge in [-0.2, -0.15) is 4.72 Å². The summed E-state index contributed by atoms with van der Waals surface area (Å²) in [6, 6.07) is 20.2. The van der Waals surface area contributed by atoms with Gasteiger partial charge in [0.15, 0.2) is 6.04 Å². The summed E-state index contributed by atoms with van der Waals surface area (Å²) in [7, 11) is -1.33. The Morgan fingerprint density at radius 2 is 1.58 bits per heavy atom. The lowest BCUT2D eigenvalue weighted by Gasteiger charge is -2.25. The Bertz CT molecular complexity index is 1440. The lowest BCUT2D eigenvalue weighted by Crippen LogP contribution is -2.46. The monoisotopic (exact) mass is 552 g/mol. The first kappa shape index (κ1) is 27.5. The molecule has 38 heavy (non-hydrogen) atoms. The third kappa shape index (κ3) is 6.65. The maximum Gasteiger partial charge on any atom is 0.327 e. The van der Waals surface area contributed by atoms with E-state index in [0.717, 1.165) is 28.0 Å². The average molecular weight is 553 g/mol. The zero-order chi connectivity index (χ0) is 27.1. The van der Waals surface area contributed by atoms with Gasteiger partial charge in [0.05, 0.1) is 25.7 Å². The predicted octanol–water partition coefficient (Wildman–Crippen LogP) is 4.91. The van der Waals surface area contributed by atoms with Crippen LogP contribution in [0.2, 0.25) is 0 Å². The standard InChI is InChI=1S/C28H28N2O6S2/c1-19-4-6-20(7-5-19)18-36-26(27-29-16-17-37-27)25(28(31)35-3)30-38(32,33)24-14-10-22(11-15-24)21-8-12-23(34-2)13-9-21/h4-17,25-26,30H,18H2,1-3H3/t25-,26+/m1/s1. The van der Waals surface area contributed by atoms with Gasteiger partial charge < -0.3 is 14.2 Å². The Kier molecular flexibility index (Phi) is 8.90. The van der Waals surface area contributed by atoms with Gasteiger partial charge in [-0.15, -0.1) is 11.3 Å². The Morgan fingerprint density at radius 1 is 0.947 bits per heavy atom. The molecule has 198 valence electrons. The van der Waals surface area contributed by atoms with Crippen molar-refractivity contribution in [2.45, 2.75) is 30.6 Å². The first-order valence-corrected chi connectivity index (χ1v) is 14.1. The lowest BCUT2D eigenvalue weighted by molar-refractivity contribution is -0.147. The SMILES string of the molecule is COC(=O)[C@H](NS(=O)(=O)c1ccc(-c2ccc(OC)cc2)cc1)[C@H](OCc1ccc(C)cc1)c1nccs1. The van der Waals surface area contributed by atoms with Gasteiger partial charge in [-0.1, -0.05) is 54.1 Å². The molecule has 10 heteroatoms. The number of nitrogens with one attached hydrogen (secondary N) is 1. The van der Waals surface area contributed by atoms with E-state index in [1.165, 1.54) is 30.6 Å². The van der Waals surface area contributed by atoms with E-state index in [4.69, 9.17) is 14.2 Å². The zero-order valence-corrected chi connectivity index (χ0v) is 22.8. The summed E-state index contributed by atoms with van der Waals surface area (Å²) in [5.41, 5.74) is 3.71. The molecule has 0 spiro atoms. The molecule has 0 saturated heterocycles. The van der Waals surface area contributed by atoms with Crippen LogP contribution in [-0.4, -0.2) is 39.6 Å². The van der Waals surface area contributed by atoms with Crippen LogP contribution in [0.5, 0.6) is 5.75 Å². The normalized spacial score (nSPS) is 13.0. The summed E-state index contributed by atoms with van der Waals surface area (Å²) in [5.74, 6) is -0.0575. The molecule has 1 heterocycles. The fraction of sp³-hybridized carbons (Fsp3) is 0.214. The van der Waals surface area contributed by atoms with Gasteiger partial charge in [-0.3, -0.25) is 4.79 Å². The van der Waals surface area contributed by atoms with Crippen LogP contribution in [0.1, 0.15) is 22.2 Å². The quantitative estimate of drug-likeness (QED) is 0.264. The highest BCUT2D eigenvalue weighted by atomic mass is 32.2. The van der Waals surface area contributed by atoms with E-state index in [1.54, 1.807) is 30.8 Å². The van der Waals surface area contributed by atoms with Crippen molar-refractivity contribution >= 4 is 27.3 Å². The number of sulfonamides is 1. The van der Waals surface area contributed by atoms with Crippen LogP contribution in [0.25, 0.3) is 11.1 Å². The van der Waals surface area contributed by atoms with Crippen molar-refractivity contribution in [2.75, 3.05) is 14.2 Å². The maximum absolute atomic E-state index is 13.4. The number of carbonyl (C=O) groups excluding carboxylic acids is 1. The molecule has 0 aliphatic rings. The molecule has 0 amide bonds. The first-order chi connectivity index (χ1) is 18.3. The van der Waals surface area contributed by atoms with E-state index in [-0.39, 0.29) is 11.5 Å². The zero-order valence-electron chi connectivity index (χ0n) is 21.2. The average Bonchev–Trinajstić information content (AvgIpc) is 3.48. The Balaban J connectivity index is 1.58. The Labute approximate surface area is 226 Å². The highest BCUT2D eigenvalue weighted by Gasteiger charge is 2.37. The summed E-state index contributed by atoms with van der Waals surface area (Å²) in [6.07, 6.45) is 0.570. The minimum absolute atomic E-state index is 0.0000816. The van der Waals surface area contributed by atoms with Gasteiger partial charge in [0.1, 0.15) is 16.9 Å². The van der Waals surface area contributed by atoms with E-state index in [9.17, 15) is 13.2 Å². The number of carbonyl (C=O) groups is 1. The molecule has 2 atom stereocenters. The molecular formula is C28H28N2O6S2. The summed E-state index contributed by atoms with van der Waals surface area (Å²) in [6.45, 7) is 2.13. The number of benzene rings is 3. The van der Waals surface area contributed by atoms with Gasteiger partial charge in [-0.05, 0) is 47.9 Å². The molecular weight excluding hydrogens is 524 g/mol. The van der Waals surface area contributed by atoms with E-state index < -0.39 is 28.1 Å². The number of rotatable bonds is 11. The number of hydrogen-bond acceptors (Lipinski definition) is 8. The van der Waals surface area contributed by atoms with Crippen molar-refractivity contribution in [1.29, 1.82) is 0 Å². The fourth-order valence-corrected chi connectivity index (χ4v) is 5.67. The number of hydrogen-bond donors (Lipinski definition) is 1. The molecule has 0 saturated carbocycles. The van der Waals surface area contributed by atoms with Crippen molar-refractivity contribution < 1.29 is 27.4 Å². The summed E-state index contributed by atoms with van der Waals surface area (Å²) in [5, 5.41) is 2.18. The number of esters is 1. The second kappa shape index (κ2) is 12.3. The number of nitrogens with zero attached hydrogens (tertiary/aromatic N) is 1. The second-order valence-corrected chi connectivity index (χ2v) is 11.1. The third-order valence-corrected chi connectivity index (χ3v) is 8.17. The van der Waals surface area contributed by atoms with Crippen molar-refractivity contribution in [2.24, 2.45) is 0 Å². The van der Waals surface area contributed by atoms with Crippen LogP contribution in [0.3, 0.4) is 0 Å². The van der Waals surface area contributed by atoms with Crippen molar-refractivity contribution in [1.82, 2.24) is 9.71 Å². The molecule has 1 aromatic heterocycles. The maximum atomic E-state index is 13.4. The summed E-state index contributed by atoms with van der Waals surface area (Å²) < 4.78 is 45.5. The van der Waals surface area contributed by atoms with E-state index >= 15 is 0 Å². The molecule has 0 radical (unpaired) electrons. The minimum Gasteiger partial charge on any atom is -0.497 e. The molecule has 0 unspecified atom stereocenters. The summed E-state index contributed by atoms with van der Waals surface area (Å²) >= 11 is 1.26. The van der Waals surface area contributed by atoms with Gasteiger partial charge in [0.2, 0.25) is 10.0 Å². The van der Waals surface area contributed by atoms with Crippen molar-refractivity contribution in [3.05, 3.63) is 101 Å². The van der Waals surface area contributed by atoms with Crippen LogP contribution in [-0.2, 0) is 30.9 Å². The van der Waals surface area contributed by atoms with E-state index in [2.05, 4.69) is 9.71 Å². The second-order valence-electron chi connectivity index (χ2n) is 8.46. The van der Waals surface area contributed by atoms with Crippen molar-refractivity contribution in [3.63, 3.8) is 0 Å². The molecule has 0 bridgehead atoms. The Hall–Kier alpha value is -3.57. The number of thiazole rings is 1. The lowest BCUT2D eigenvalue weighted by atomic mass is 10.1. The van der Waals surface area contributed by atoms with E-state index in [1.807, 2.05) is 55.5 Å². The topological polar surface area (TPSA) is 104 Å².